The average Bonchev–Trinajstić information content (AvgIpc) is 2.99. The highest BCUT2D eigenvalue weighted by Crippen LogP contribution is 2.27. The minimum atomic E-state index is 0.175. The molecule has 1 amide bonds. The van der Waals surface area contributed by atoms with Crippen LogP contribution in [0, 0.1) is 6.92 Å². The molecular weight excluding hydrogens is 366 g/mol. The third-order valence-corrected chi connectivity index (χ3v) is 6.31. The number of likely N-dealkylation sites (tertiary alicyclic amines) is 1. The van der Waals surface area contributed by atoms with Crippen LogP contribution in [0.5, 0.6) is 5.75 Å². The first-order valence-corrected chi connectivity index (χ1v) is 10.6. The average molecular weight is 398 g/mol. The smallest absolute Gasteiger partial charge is 0.227 e. The van der Waals surface area contributed by atoms with Crippen LogP contribution in [0.4, 0.5) is 0 Å². The number of carbonyl (C=O) groups is 1. The molecule has 1 fully saturated rings. The number of aromatic nitrogens is 3. The number of rotatable bonds is 4. The molecule has 7 heteroatoms. The second-order valence-corrected chi connectivity index (χ2v) is 8.32. The van der Waals surface area contributed by atoms with Crippen LogP contribution in [-0.2, 0) is 24.2 Å². The van der Waals surface area contributed by atoms with Crippen molar-refractivity contribution in [3.8, 4) is 5.75 Å². The Morgan fingerprint density at radius 2 is 1.93 bits per heavy atom. The Bertz CT molecular complexity index is 870. The number of hydrogen-bond donors (Lipinski definition) is 0. The van der Waals surface area contributed by atoms with Crippen LogP contribution in [-0.4, -0.2) is 70.8 Å². The second kappa shape index (κ2) is 8.53. The summed E-state index contributed by atoms with van der Waals surface area (Å²) in [6, 6.07) is 5.96. The van der Waals surface area contributed by atoms with E-state index < -0.39 is 0 Å². The Labute approximate surface area is 172 Å². The highest BCUT2D eigenvalue weighted by atomic mass is 16.5. The zero-order chi connectivity index (χ0) is 20.4. The maximum Gasteiger partial charge on any atom is 0.227 e. The van der Waals surface area contributed by atoms with Crippen molar-refractivity contribution >= 4 is 5.91 Å². The van der Waals surface area contributed by atoms with Crippen molar-refractivity contribution in [1.82, 2.24) is 24.6 Å². The number of piperidine rings is 1. The van der Waals surface area contributed by atoms with Gasteiger partial charge in [-0.05, 0) is 57.1 Å². The minimum absolute atomic E-state index is 0.175. The predicted octanol–water partition coefficient (Wildman–Crippen LogP) is 2.03. The molecule has 0 bridgehead atoms. The van der Waals surface area contributed by atoms with Gasteiger partial charge in [0.15, 0.2) is 0 Å². The Balaban J connectivity index is 1.40. The first kappa shape index (κ1) is 19.9. The van der Waals surface area contributed by atoms with Crippen molar-refractivity contribution in [1.29, 1.82) is 0 Å². The molecule has 2 aliphatic heterocycles. The monoisotopic (exact) mass is 397 g/mol. The summed E-state index contributed by atoms with van der Waals surface area (Å²) in [5, 5.41) is 9.00. The van der Waals surface area contributed by atoms with Crippen molar-refractivity contribution in [3.63, 3.8) is 0 Å². The molecule has 0 saturated carbocycles. The lowest BCUT2D eigenvalue weighted by Crippen LogP contribution is -2.35. The zero-order valence-electron chi connectivity index (χ0n) is 17.7. The fourth-order valence-corrected chi connectivity index (χ4v) is 4.50. The highest BCUT2D eigenvalue weighted by molar-refractivity contribution is 5.79. The lowest BCUT2D eigenvalue weighted by Gasteiger charge is -2.28. The largest absolute Gasteiger partial charge is 0.496 e. The van der Waals surface area contributed by atoms with E-state index in [0.29, 0.717) is 18.9 Å². The summed E-state index contributed by atoms with van der Waals surface area (Å²) in [5.41, 5.74) is 2.09. The van der Waals surface area contributed by atoms with E-state index in [0.717, 1.165) is 74.0 Å². The van der Waals surface area contributed by atoms with Gasteiger partial charge in [-0.3, -0.25) is 4.79 Å². The summed E-state index contributed by atoms with van der Waals surface area (Å²) >= 11 is 0. The molecule has 0 spiro atoms. The van der Waals surface area contributed by atoms with Gasteiger partial charge in [0, 0.05) is 32.0 Å². The highest BCUT2D eigenvalue weighted by Gasteiger charge is 2.27. The van der Waals surface area contributed by atoms with Gasteiger partial charge in [0.05, 0.1) is 13.5 Å². The fourth-order valence-electron chi connectivity index (χ4n) is 4.50. The van der Waals surface area contributed by atoms with Gasteiger partial charge in [-0.25, -0.2) is 0 Å². The number of hydrogen-bond acceptors (Lipinski definition) is 5. The van der Waals surface area contributed by atoms with Crippen molar-refractivity contribution in [2.75, 3.05) is 40.3 Å². The van der Waals surface area contributed by atoms with Crippen LogP contribution in [0.25, 0.3) is 0 Å². The number of aryl methyl sites for hydroxylation is 1. The third kappa shape index (κ3) is 4.29. The first-order chi connectivity index (χ1) is 14.0. The van der Waals surface area contributed by atoms with Gasteiger partial charge >= 0.3 is 0 Å². The number of benzene rings is 1. The number of amides is 1. The van der Waals surface area contributed by atoms with Gasteiger partial charge in [-0.1, -0.05) is 12.1 Å². The Kier molecular flexibility index (Phi) is 5.85. The van der Waals surface area contributed by atoms with E-state index in [-0.39, 0.29) is 5.91 Å². The molecule has 156 valence electrons. The maximum absolute atomic E-state index is 12.9. The Hall–Kier alpha value is -2.41. The minimum Gasteiger partial charge on any atom is -0.496 e. The van der Waals surface area contributed by atoms with Crippen molar-refractivity contribution in [2.45, 2.75) is 45.1 Å². The summed E-state index contributed by atoms with van der Waals surface area (Å²) in [6.45, 7) is 6.45. The number of carbonyl (C=O) groups excluding carboxylic acids is 1. The van der Waals surface area contributed by atoms with E-state index in [4.69, 9.17) is 4.74 Å². The summed E-state index contributed by atoms with van der Waals surface area (Å²) in [6.07, 6.45) is 3.46. The lowest BCUT2D eigenvalue weighted by atomic mass is 9.96. The predicted molar refractivity (Wildman–Crippen MR) is 111 cm³/mol. The van der Waals surface area contributed by atoms with Gasteiger partial charge in [0.25, 0.3) is 0 Å². The van der Waals surface area contributed by atoms with Gasteiger partial charge in [-0.15, -0.1) is 10.2 Å². The maximum atomic E-state index is 12.9. The molecule has 2 aliphatic rings. The molecule has 2 aromatic rings. The van der Waals surface area contributed by atoms with Crippen LogP contribution >= 0.6 is 0 Å². The Morgan fingerprint density at radius 1 is 1.14 bits per heavy atom. The van der Waals surface area contributed by atoms with Crippen molar-refractivity contribution < 1.29 is 9.53 Å². The van der Waals surface area contributed by atoms with E-state index >= 15 is 0 Å². The molecule has 1 aromatic heterocycles. The molecule has 1 saturated heterocycles. The molecule has 29 heavy (non-hydrogen) atoms. The zero-order valence-corrected chi connectivity index (χ0v) is 17.7. The third-order valence-electron chi connectivity index (χ3n) is 6.31. The van der Waals surface area contributed by atoms with Gasteiger partial charge in [-0.2, -0.15) is 0 Å². The van der Waals surface area contributed by atoms with E-state index in [1.807, 2.05) is 30.0 Å². The lowest BCUT2D eigenvalue weighted by molar-refractivity contribution is -0.130. The van der Waals surface area contributed by atoms with E-state index in [1.54, 1.807) is 7.11 Å². The number of methoxy groups -OCH3 is 1. The van der Waals surface area contributed by atoms with Gasteiger partial charge in [0.1, 0.15) is 17.4 Å². The molecule has 7 nitrogen and oxygen atoms in total. The van der Waals surface area contributed by atoms with Gasteiger partial charge < -0.3 is 19.1 Å². The van der Waals surface area contributed by atoms with E-state index in [1.165, 1.54) is 0 Å². The molecule has 3 heterocycles. The molecule has 0 unspecified atom stereocenters. The number of nitrogens with zero attached hydrogens (tertiary/aromatic N) is 5. The summed E-state index contributed by atoms with van der Waals surface area (Å²) in [4.78, 5) is 17.3. The van der Waals surface area contributed by atoms with Crippen LogP contribution in [0.2, 0.25) is 0 Å². The molecule has 0 radical (unpaired) electrons. The molecule has 4 rings (SSSR count). The first-order valence-electron chi connectivity index (χ1n) is 10.6. The van der Waals surface area contributed by atoms with Gasteiger partial charge in [0.2, 0.25) is 5.91 Å². The molecular formula is C22H31N5O2. The topological polar surface area (TPSA) is 63.5 Å². The quantitative estimate of drug-likeness (QED) is 0.790. The molecule has 1 aromatic carbocycles. The van der Waals surface area contributed by atoms with Crippen LogP contribution < -0.4 is 4.74 Å². The SMILES string of the molecule is COc1ccc(CC(=O)N2CCc3nnc(C4CCN(C)CC4)n3CC2)cc1C. The van der Waals surface area contributed by atoms with E-state index in [2.05, 4.69) is 26.7 Å². The number of ether oxygens (including phenoxy) is 1. The second-order valence-electron chi connectivity index (χ2n) is 8.32. The Morgan fingerprint density at radius 3 is 2.66 bits per heavy atom. The standard InChI is InChI=1S/C22H31N5O2/c1-16-14-17(4-5-19(16)29-3)15-21(28)26-11-8-20-23-24-22(27(20)13-12-26)18-6-9-25(2)10-7-18/h4-5,14,18H,6-13,15H2,1-3H3. The summed E-state index contributed by atoms with van der Waals surface area (Å²) in [5.74, 6) is 3.66. The van der Waals surface area contributed by atoms with E-state index in [9.17, 15) is 4.79 Å². The van der Waals surface area contributed by atoms with Crippen LogP contribution in [0.3, 0.4) is 0 Å². The van der Waals surface area contributed by atoms with Crippen LogP contribution in [0.15, 0.2) is 18.2 Å². The molecule has 0 atom stereocenters. The molecule has 0 N–H and O–H groups in total. The number of fused-ring (bicyclic) bond motifs is 1. The van der Waals surface area contributed by atoms with Crippen molar-refractivity contribution in [2.24, 2.45) is 0 Å². The summed E-state index contributed by atoms with van der Waals surface area (Å²) in [7, 11) is 3.84. The van der Waals surface area contributed by atoms with Crippen LogP contribution in [0.1, 0.15) is 41.5 Å². The van der Waals surface area contributed by atoms with Crippen molar-refractivity contribution in [3.05, 3.63) is 41.0 Å². The molecule has 0 aliphatic carbocycles. The summed E-state index contributed by atoms with van der Waals surface area (Å²) < 4.78 is 7.60. The normalized spacial score (nSPS) is 18.4. The fraction of sp³-hybridized carbons (Fsp3) is 0.591.